The first-order valence-electron chi connectivity index (χ1n) is 6.79. The molecule has 1 unspecified atom stereocenters. The molecule has 17 heavy (non-hydrogen) atoms. The van der Waals surface area contributed by atoms with Gasteiger partial charge in [0, 0.05) is 6.42 Å². The van der Waals surface area contributed by atoms with E-state index < -0.39 is 0 Å². The van der Waals surface area contributed by atoms with Gasteiger partial charge in [-0.15, -0.1) is 0 Å². The van der Waals surface area contributed by atoms with Gasteiger partial charge in [-0.3, -0.25) is 0 Å². The molecule has 0 radical (unpaired) electrons. The van der Waals surface area contributed by atoms with Crippen LogP contribution >= 0.6 is 0 Å². The fourth-order valence-corrected chi connectivity index (χ4v) is 1.80. The Balaban J connectivity index is 3.68. The molecule has 0 bridgehead atoms. The third-order valence-electron chi connectivity index (χ3n) is 3.02. The molecule has 0 aromatic carbocycles. The molecule has 1 heteroatoms. The summed E-state index contributed by atoms with van der Waals surface area (Å²) in [4.78, 5) is 10.2. The van der Waals surface area contributed by atoms with Crippen molar-refractivity contribution >= 4 is 6.29 Å². The van der Waals surface area contributed by atoms with Crippen LogP contribution in [0.5, 0.6) is 0 Å². The van der Waals surface area contributed by atoms with Gasteiger partial charge >= 0.3 is 0 Å². The number of carbonyl (C=O) groups is 1. The Kier molecular flexibility index (Phi) is 9.80. The smallest absolute Gasteiger partial charge is 0.120 e. The third kappa shape index (κ3) is 11.4. The molecule has 0 aromatic rings. The first kappa shape index (κ1) is 16.1. The molecule has 0 aromatic heterocycles. The van der Waals surface area contributed by atoms with Crippen molar-refractivity contribution in [1.29, 1.82) is 0 Å². The summed E-state index contributed by atoms with van der Waals surface area (Å²) in [5.74, 6) is 0.669. The summed E-state index contributed by atoms with van der Waals surface area (Å²) in [5.41, 5.74) is 2.89. The summed E-state index contributed by atoms with van der Waals surface area (Å²) in [7, 11) is 0. The molecule has 0 fully saturated rings. The highest BCUT2D eigenvalue weighted by molar-refractivity contribution is 5.49. The van der Waals surface area contributed by atoms with Crippen LogP contribution in [-0.2, 0) is 4.79 Å². The van der Waals surface area contributed by atoms with Crippen LogP contribution in [0.4, 0.5) is 0 Å². The second-order valence-electron chi connectivity index (χ2n) is 5.30. The zero-order chi connectivity index (χ0) is 13.1. The van der Waals surface area contributed by atoms with E-state index >= 15 is 0 Å². The standard InChI is InChI=1S/C16H28O/c1-14(2)8-5-9-15(3)10-6-11-16(4)12-7-13-17/h8,10,13,16H,5-7,9,11-12H2,1-4H3/b15-10+. The average molecular weight is 236 g/mol. The van der Waals surface area contributed by atoms with Crippen LogP contribution < -0.4 is 0 Å². The van der Waals surface area contributed by atoms with Crippen LogP contribution in [0.25, 0.3) is 0 Å². The van der Waals surface area contributed by atoms with E-state index in [2.05, 4.69) is 39.8 Å². The van der Waals surface area contributed by atoms with Crippen molar-refractivity contribution in [3.05, 3.63) is 23.3 Å². The molecule has 1 nitrogen and oxygen atoms in total. The predicted molar refractivity (Wildman–Crippen MR) is 76.1 cm³/mol. The highest BCUT2D eigenvalue weighted by Crippen LogP contribution is 2.14. The fraction of sp³-hybridized carbons (Fsp3) is 0.688. The van der Waals surface area contributed by atoms with Crippen LogP contribution in [0.2, 0.25) is 0 Å². The summed E-state index contributed by atoms with van der Waals surface area (Å²) in [6.07, 6.45) is 12.1. The van der Waals surface area contributed by atoms with Gasteiger partial charge in [-0.1, -0.05) is 30.2 Å². The third-order valence-corrected chi connectivity index (χ3v) is 3.02. The lowest BCUT2D eigenvalue weighted by Gasteiger charge is -2.07. The number of allylic oxidation sites excluding steroid dienone is 4. The van der Waals surface area contributed by atoms with E-state index in [0.29, 0.717) is 12.3 Å². The van der Waals surface area contributed by atoms with Gasteiger partial charge in [-0.2, -0.15) is 0 Å². The molecule has 0 saturated heterocycles. The van der Waals surface area contributed by atoms with Crippen molar-refractivity contribution in [2.75, 3.05) is 0 Å². The van der Waals surface area contributed by atoms with E-state index in [0.717, 1.165) is 25.5 Å². The van der Waals surface area contributed by atoms with Crippen LogP contribution in [0, 0.1) is 5.92 Å². The van der Waals surface area contributed by atoms with Crippen molar-refractivity contribution in [1.82, 2.24) is 0 Å². The van der Waals surface area contributed by atoms with Gasteiger partial charge in [-0.25, -0.2) is 0 Å². The van der Waals surface area contributed by atoms with Crippen LogP contribution in [0.1, 0.15) is 66.2 Å². The Hall–Kier alpha value is -0.850. The Morgan fingerprint density at radius 1 is 1.00 bits per heavy atom. The van der Waals surface area contributed by atoms with Crippen molar-refractivity contribution < 1.29 is 4.79 Å². The van der Waals surface area contributed by atoms with Gasteiger partial charge in [-0.05, 0) is 58.8 Å². The van der Waals surface area contributed by atoms with Gasteiger partial charge in [0.1, 0.15) is 6.29 Å². The van der Waals surface area contributed by atoms with Gasteiger partial charge < -0.3 is 4.79 Å². The van der Waals surface area contributed by atoms with Crippen LogP contribution in [0.15, 0.2) is 23.3 Å². The number of carbonyl (C=O) groups excluding carboxylic acids is 1. The maximum Gasteiger partial charge on any atom is 0.120 e. The molecule has 0 spiro atoms. The minimum Gasteiger partial charge on any atom is -0.303 e. The van der Waals surface area contributed by atoms with E-state index in [4.69, 9.17) is 0 Å². The van der Waals surface area contributed by atoms with Gasteiger partial charge in [0.2, 0.25) is 0 Å². The normalized spacial score (nSPS) is 13.3. The van der Waals surface area contributed by atoms with Crippen molar-refractivity contribution in [2.24, 2.45) is 5.92 Å². The highest BCUT2D eigenvalue weighted by atomic mass is 16.1. The SMILES string of the molecule is CC(C)=CCC/C(C)=C/CCC(C)CCC=O. The highest BCUT2D eigenvalue weighted by Gasteiger charge is 2.00. The second kappa shape index (κ2) is 10.3. The first-order valence-corrected chi connectivity index (χ1v) is 6.79. The maximum atomic E-state index is 10.2. The van der Waals surface area contributed by atoms with Crippen molar-refractivity contribution in [3.8, 4) is 0 Å². The van der Waals surface area contributed by atoms with E-state index in [-0.39, 0.29) is 0 Å². The molecule has 0 saturated carbocycles. The van der Waals surface area contributed by atoms with Crippen molar-refractivity contribution in [2.45, 2.75) is 66.2 Å². The van der Waals surface area contributed by atoms with E-state index in [1.807, 2.05) is 0 Å². The molecular weight excluding hydrogens is 208 g/mol. The topological polar surface area (TPSA) is 17.1 Å². The molecular formula is C16H28O. The molecule has 98 valence electrons. The minimum atomic E-state index is 0.669. The Morgan fingerprint density at radius 2 is 1.65 bits per heavy atom. The average Bonchev–Trinajstić information content (AvgIpc) is 2.25. The van der Waals surface area contributed by atoms with Gasteiger partial charge in [0.05, 0.1) is 0 Å². The quantitative estimate of drug-likeness (QED) is 0.403. The molecule has 0 heterocycles. The molecule has 0 N–H and O–H groups in total. The number of rotatable bonds is 9. The maximum absolute atomic E-state index is 10.2. The van der Waals surface area contributed by atoms with Gasteiger partial charge in [0.15, 0.2) is 0 Å². The lowest BCUT2D eigenvalue weighted by atomic mass is 9.99. The molecule has 0 rings (SSSR count). The number of aldehydes is 1. The molecule has 0 aliphatic heterocycles. The predicted octanol–water partition coefficient (Wildman–Crippen LogP) is 5.07. The second-order valence-corrected chi connectivity index (χ2v) is 5.30. The Bertz CT molecular complexity index is 257. The number of hydrogen-bond donors (Lipinski definition) is 0. The zero-order valence-corrected chi connectivity index (χ0v) is 12.0. The van der Waals surface area contributed by atoms with E-state index in [1.54, 1.807) is 0 Å². The fourth-order valence-electron chi connectivity index (χ4n) is 1.80. The van der Waals surface area contributed by atoms with E-state index in [9.17, 15) is 4.79 Å². The van der Waals surface area contributed by atoms with Gasteiger partial charge in [0.25, 0.3) is 0 Å². The number of hydrogen-bond acceptors (Lipinski definition) is 1. The lowest BCUT2D eigenvalue weighted by molar-refractivity contribution is -0.108. The lowest BCUT2D eigenvalue weighted by Crippen LogP contribution is -1.94. The summed E-state index contributed by atoms with van der Waals surface area (Å²) in [6.45, 7) is 8.74. The Morgan fingerprint density at radius 3 is 2.24 bits per heavy atom. The molecule has 0 amide bonds. The van der Waals surface area contributed by atoms with Crippen LogP contribution in [-0.4, -0.2) is 6.29 Å². The van der Waals surface area contributed by atoms with Crippen LogP contribution in [0.3, 0.4) is 0 Å². The molecule has 0 aliphatic rings. The summed E-state index contributed by atoms with van der Waals surface area (Å²) in [6, 6.07) is 0. The molecule has 0 aliphatic carbocycles. The van der Waals surface area contributed by atoms with Crippen molar-refractivity contribution in [3.63, 3.8) is 0 Å². The first-order chi connectivity index (χ1) is 8.06. The largest absolute Gasteiger partial charge is 0.303 e. The minimum absolute atomic E-state index is 0.669. The Labute approximate surface area is 107 Å². The molecule has 1 atom stereocenters. The monoisotopic (exact) mass is 236 g/mol. The zero-order valence-electron chi connectivity index (χ0n) is 12.0. The summed E-state index contributed by atoms with van der Waals surface area (Å²) in [5, 5.41) is 0. The summed E-state index contributed by atoms with van der Waals surface area (Å²) >= 11 is 0. The van der Waals surface area contributed by atoms with E-state index in [1.165, 1.54) is 24.0 Å². The summed E-state index contributed by atoms with van der Waals surface area (Å²) < 4.78 is 0.